The van der Waals surface area contributed by atoms with E-state index in [9.17, 15) is 18.0 Å². The van der Waals surface area contributed by atoms with Gasteiger partial charge in [0.2, 0.25) is 0 Å². The SMILES string of the molecule is O=C(NCc1ncccc1C(F)(F)F)c1coc(CCNCCc2nc3c(ccc4ccccc43)[nH]2)n1. The van der Waals surface area contributed by atoms with Crippen molar-refractivity contribution >= 4 is 27.7 Å². The number of amides is 1. The van der Waals surface area contributed by atoms with E-state index < -0.39 is 17.6 Å². The summed E-state index contributed by atoms with van der Waals surface area (Å²) in [6.07, 6.45) is -0.978. The molecule has 190 valence electrons. The van der Waals surface area contributed by atoms with Crippen LogP contribution < -0.4 is 10.6 Å². The Labute approximate surface area is 209 Å². The summed E-state index contributed by atoms with van der Waals surface area (Å²) >= 11 is 0. The highest BCUT2D eigenvalue weighted by atomic mass is 19.4. The van der Waals surface area contributed by atoms with Gasteiger partial charge in [0.05, 0.1) is 28.8 Å². The number of hydrogen-bond acceptors (Lipinski definition) is 6. The number of oxazole rings is 1. The number of H-pyrrole nitrogens is 1. The fourth-order valence-corrected chi connectivity index (χ4v) is 4.06. The largest absolute Gasteiger partial charge is 0.448 e. The van der Waals surface area contributed by atoms with Gasteiger partial charge in [-0.25, -0.2) is 9.97 Å². The molecule has 11 heteroatoms. The second-order valence-corrected chi connectivity index (χ2v) is 8.42. The Bertz CT molecular complexity index is 1540. The zero-order valence-corrected chi connectivity index (χ0v) is 19.6. The summed E-state index contributed by atoms with van der Waals surface area (Å²) in [4.78, 5) is 28.3. The van der Waals surface area contributed by atoms with Crippen molar-refractivity contribution in [2.45, 2.75) is 25.6 Å². The normalized spacial score (nSPS) is 11.9. The highest BCUT2D eigenvalue weighted by Crippen LogP contribution is 2.31. The van der Waals surface area contributed by atoms with Crippen molar-refractivity contribution in [2.24, 2.45) is 0 Å². The van der Waals surface area contributed by atoms with Crippen molar-refractivity contribution in [3.8, 4) is 0 Å². The van der Waals surface area contributed by atoms with Gasteiger partial charge in [0.1, 0.15) is 12.1 Å². The molecule has 0 radical (unpaired) electrons. The Kier molecular flexibility index (Phi) is 6.87. The van der Waals surface area contributed by atoms with E-state index in [1.54, 1.807) is 0 Å². The smallest absolute Gasteiger partial charge is 0.418 e. The molecule has 3 aromatic heterocycles. The number of carbonyl (C=O) groups is 1. The third-order valence-corrected chi connectivity index (χ3v) is 5.88. The van der Waals surface area contributed by atoms with E-state index in [2.05, 4.69) is 43.8 Å². The lowest BCUT2D eigenvalue weighted by Gasteiger charge is -2.11. The number of halogens is 3. The molecule has 0 aliphatic rings. The number of nitrogens with zero attached hydrogens (tertiary/aromatic N) is 3. The monoisotopic (exact) mass is 508 g/mol. The lowest BCUT2D eigenvalue weighted by atomic mass is 10.1. The molecule has 5 rings (SSSR count). The number of imidazole rings is 1. The highest BCUT2D eigenvalue weighted by molar-refractivity contribution is 6.04. The van der Waals surface area contributed by atoms with E-state index in [-0.39, 0.29) is 17.9 Å². The Hall–Kier alpha value is -4.25. The molecule has 0 fully saturated rings. The number of rotatable bonds is 9. The van der Waals surface area contributed by atoms with Crippen molar-refractivity contribution in [2.75, 3.05) is 13.1 Å². The van der Waals surface area contributed by atoms with E-state index in [0.29, 0.717) is 31.8 Å². The first-order valence-corrected chi connectivity index (χ1v) is 11.7. The second kappa shape index (κ2) is 10.4. The number of nitrogens with one attached hydrogen (secondary N) is 3. The van der Waals surface area contributed by atoms with Crippen LogP contribution in [0.4, 0.5) is 13.2 Å². The van der Waals surface area contributed by atoms with E-state index in [4.69, 9.17) is 9.40 Å². The molecular formula is C26H23F3N6O2. The molecule has 0 spiro atoms. The van der Waals surface area contributed by atoms with Crippen LogP contribution in [0.1, 0.15) is 33.5 Å². The number of carbonyl (C=O) groups excluding carboxylic acids is 1. The van der Waals surface area contributed by atoms with Crippen molar-refractivity contribution in [1.82, 2.24) is 30.6 Å². The molecule has 37 heavy (non-hydrogen) atoms. The van der Waals surface area contributed by atoms with Gasteiger partial charge in [0, 0.05) is 37.5 Å². The molecular weight excluding hydrogens is 485 g/mol. The van der Waals surface area contributed by atoms with Crippen LogP contribution in [-0.4, -0.2) is 38.9 Å². The number of fused-ring (bicyclic) bond motifs is 3. The summed E-state index contributed by atoms with van der Waals surface area (Å²) in [6, 6.07) is 14.3. The predicted octanol–water partition coefficient (Wildman–Crippen LogP) is 4.42. The minimum atomic E-state index is -4.55. The first-order chi connectivity index (χ1) is 17.9. The summed E-state index contributed by atoms with van der Waals surface area (Å²) in [7, 11) is 0. The van der Waals surface area contributed by atoms with E-state index >= 15 is 0 Å². The van der Waals surface area contributed by atoms with Crippen molar-refractivity contribution in [3.63, 3.8) is 0 Å². The van der Waals surface area contributed by atoms with Crippen molar-refractivity contribution < 1.29 is 22.4 Å². The van der Waals surface area contributed by atoms with Gasteiger partial charge in [0.15, 0.2) is 11.6 Å². The molecule has 0 saturated carbocycles. The molecule has 0 bridgehead atoms. The van der Waals surface area contributed by atoms with Gasteiger partial charge in [-0.1, -0.05) is 30.3 Å². The third-order valence-electron chi connectivity index (χ3n) is 5.88. The standard InChI is InChI=1S/C26H23F3N6O2/c27-26(28,29)18-6-3-11-31-20(18)14-32-25(36)21-15-37-23(34-21)10-13-30-12-9-22-33-19-8-7-16-4-1-2-5-17(16)24(19)35-22/h1-8,11,15,30H,9-10,12-14H2,(H,32,36)(H,33,35). The summed E-state index contributed by atoms with van der Waals surface area (Å²) in [6.45, 7) is 0.862. The van der Waals surface area contributed by atoms with Crippen LogP contribution in [0, 0.1) is 0 Å². The number of aromatic nitrogens is 4. The fourth-order valence-electron chi connectivity index (χ4n) is 4.06. The van der Waals surface area contributed by atoms with Crippen LogP contribution in [-0.2, 0) is 25.6 Å². The molecule has 3 N–H and O–H groups in total. The summed E-state index contributed by atoms with van der Waals surface area (Å²) in [5.41, 5.74) is 0.787. The van der Waals surface area contributed by atoms with Gasteiger partial charge in [-0.3, -0.25) is 9.78 Å². The van der Waals surface area contributed by atoms with Gasteiger partial charge in [-0.15, -0.1) is 0 Å². The maximum Gasteiger partial charge on any atom is 0.418 e. The second-order valence-electron chi connectivity index (χ2n) is 8.42. The van der Waals surface area contributed by atoms with Crippen LogP contribution in [0.15, 0.2) is 65.4 Å². The average Bonchev–Trinajstić information content (AvgIpc) is 3.54. The molecule has 0 saturated heterocycles. The molecule has 5 aromatic rings. The van der Waals surface area contributed by atoms with Crippen LogP contribution in [0.25, 0.3) is 21.8 Å². The Balaban J connectivity index is 1.09. The molecule has 3 heterocycles. The van der Waals surface area contributed by atoms with Gasteiger partial charge < -0.3 is 20.0 Å². The molecule has 2 aromatic carbocycles. The lowest BCUT2D eigenvalue weighted by Crippen LogP contribution is -2.25. The van der Waals surface area contributed by atoms with Crippen LogP contribution >= 0.6 is 0 Å². The van der Waals surface area contributed by atoms with Crippen molar-refractivity contribution in [1.29, 1.82) is 0 Å². The Morgan fingerprint density at radius 1 is 1.00 bits per heavy atom. The summed E-state index contributed by atoms with van der Waals surface area (Å²) in [5, 5.41) is 7.96. The van der Waals surface area contributed by atoms with E-state index in [0.717, 1.165) is 33.7 Å². The number of aromatic amines is 1. The lowest BCUT2D eigenvalue weighted by molar-refractivity contribution is -0.138. The first kappa shape index (κ1) is 24.4. The molecule has 0 aliphatic heterocycles. The highest BCUT2D eigenvalue weighted by Gasteiger charge is 2.33. The maximum atomic E-state index is 13.1. The van der Waals surface area contributed by atoms with Gasteiger partial charge >= 0.3 is 6.18 Å². The minimum absolute atomic E-state index is 0.00556. The van der Waals surface area contributed by atoms with Gasteiger partial charge in [-0.2, -0.15) is 13.2 Å². The van der Waals surface area contributed by atoms with Gasteiger partial charge in [0.25, 0.3) is 5.91 Å². The Morgan fingerprint density at radius 2 is 1.84 bits per heavy atom. The average molecular weight is 509 g/mol. The van der Waals surface area contributed by atoms with E-state index in [1.165, 1.54) is 18.5 Å². The Morgan fingerprint density at radius 3 is 2.70 bits per heavy atom. The maximum absolute atomic E-state index is 13.1. The fraction of sp³-hybridized carbons (Fsp3) is 0.231. The summed E-state index contributed by atoms with van der Waals surface area (Å²) < 4.78 is 44.6. The zero-order valence-electron chi connectivity index (χ0n) is 19.6. The zero-order chi connectivity index (χ0) is 25.8. The first-order valence-electron chi connectivity index (χ1n) is 11.7. The number of benzene rings is 2. The van der Waals surface area contributed by atoms with E-state index in [1.807, 2.05) is 18.2 Å². The van der Waals surface area contributed by atoms with Crippen LogP contribution in [0.5, 0.6) is 0 Å². The van der Waals surface area contributed by atoms with Crippen LogP contribution in [0.2, 0.25) is 0 Å². The molecule has 8 nitrogen and oxygen atoms in total. The quantitative estimate of drug-likeness (QED) is 0.254. The molecule has 0 unspecified atom stereocenters. The number of pyridine rings is 1. The number of alkyl halides is 3. The topological polar surface area (TPSA) is 109 Å². The minimum Gasteiger partial charge on any atom is -0.448 e. The molecule has 1 amide bonds. The third kappa shape index (κ3) is 5.61. The predicted molar refractivity (Wildman–Crippen MR) is 131 cm³/mol. The van der Waals surface area contributed by atoms with Gasteiger partial charge in [-0.05, 0) is 23.6 Å². The molecule has 0 atom stereocenters. The molecule has 0 aliphatic carbocycles. The summed E-state index contributed by atoms with van der Waals surface area (Å²) in [5.74, 6) is 0.594. The van der Waals surface area contributed by atoms with Crippen LogP contribution in [0.3, 0.4) is 0 Å². The number of hydrogen-bond donors (Lipinski definition) is 3. The van der Waals surface area contributed by atoms with Crippen molar-refractivity contribution in [3.05, 3.63) is 89.7 Å².